The van der Waals surface area contributed by atoms with Crippen LogP contribution in [0.15, 0.2) is 0 Å². The van der Waals surface area contributed by atoms with E-state index in [1.807, 2.05) is 0 Å². The Bertz CT molecular complexity index is 122. The topological polar surface area (TPSA) is 37.4 Å². The molecular weight excluding hydrogens is 118 g/mol. The van der Waals surface area contributed by atoms with Gasteiger partial charge in [-0.15, -0.1) is 0 Å². The molecule has 1 radical (unpaired) electrons. The Labute approximate surface area is 54.6 Å². The van der Waals surface area contributed by atoms with E-state index in [1.165, 1.54) is 11.8 Å². The second-order valence-corrected chi connectivity index (χ2v) is 1.92. The van der Waals surface area contributed by atoms with E-state index in [4.69, 9.17) is 0 Å². The summed E-state index contributed by atoms with van der Waals surface area (Å²) in [6.07, 6.45) is 1.70. The van der Waals surface area contributed by atoms with E-state index in [2.05, 4.69) is 0 Å². The van der Waals surface area contributed by atoms with Gasteiger partial charge in [-0.05, 0) is 6.92 Å². The van der Waals surface area contributed by atoms with E-state index in [0.717, 1.165) is 0 Å². The van der Waals surface area contributed by atoms with Gasteiger partial charge in [0.2, 0.25) is 12.2 Å². The summed E-state index contributed by atoms with van der Waals surface area (Å²) in [4.78, 5) is 21.7. The number of hydrogen-bond donors (Lipinski definition) is 0. The predicted molar refractivity (Wildman–Crippen MR) is 33.6 cm³/mol. The summed E-state index contributed by atoms with van der Waals surface area (Å²) < 4.78 is 0. The molecule has 3 nitrogen and oxygen atoms in total. The number of hydrogen-bond acceptors (Lipinski definition) is 2. The number of nitrogens with zero attached hydrogens (tertiary/aromatic N) is 1. The number of carbonyl (C=O) groups excluding carboxylic acids is 2. The van der Waals surface area contributed by atoms with Gasteiger partial charge < -0.3 is 4.90 Å². The normalized spacial score (nSPS) is 12.3. The maximum Gasteiger partial charge on any atom is 0.222 e. The highest BCUT2D eigenvalue weighted by Gasteiger charge is 2.09. The van der Waals surface area contributed by atoms with Crippen LogP contribution < -0.4 is 0 Å². The summed E-state index contributed by atoms with van der Waals surface area (Å²) in [7, 11) is 1.57. The molecule has 0 aliphatic heterocycles. The number of likely N-dealkylation sites (N-methyl/N-ethyl adjacent to an activating group) is 1. The van der Waals surface area contributed by atoms with Gasteiger partial charge in [-0.1, -0.05) is 0 Å². The van der Waals surface area contributed by atoms with Crippen molar-refractivity contribution in [1.29, 1.82) is 0 Å². The Kier molecular flexibility index (Phi) is 2.91. The molecule has 3 heteroatoms. The predicted octanol–water partition coefficient (Wildman–Crippen LogP) is -0.0371. The number of amides is 1. The third-order valence-electron chi connectivity index (χ3n) is 1.25. The molecule has 0 spiro atoms. The molecule has 1 amide bonds. The smallest absolute Gasteiger partial charge is 0.222 e. The fraction of sp³-hybridized carbons (Fsp3) is 0.667. The zero-order valence-electron chi connectivity index (χ0n) is 5.84. The van der Waals surface area contributed by atoms with E-state index in [1.54, 1.807) is 20.3 Å². The second kappa shape index (κ2) is 3.22. The lowest BCUT2D eigenvalue weighted by atomic mass is 10.3. The summed E-state index contributed by atoms with van der Waals surface area (Å²) in [6, 6.07) is -0.428. The molecule has 0 bridgehead atoms. The van der Waals surface area contributed by atoms with Gasteiger partial charge in [0.1, 0.15) is 0 Å². The minimum absolute atomic E-state index is 0.120. The number of carbonyl (C=O) groups is 1. The summed E-state index contributed by atoms with van der Waals surface area (Å²) >= 11 is 0. The van der Waals surface area contributed by atoms with Crippen molar-refractivity contribution in [2.45, 2.75) is 19.9 Å². The van der Waals surface area contributed by atoms with Gasteiger partial charge in [0.15, 0.2) is 0 Å². The van der Waals surface area contributed by atoms with Crippen molar-refractivity contribution in [1.82, 2.24) is 4.90 Å². The van der Waals surface area contributed by atoms with Crippen molar-refractivity contribution in [2.75, 3.05) is 7.05 Å². The van der Waals surface area contributed by atoms with Crippen molar-refractivity contribution in [3.63, 3.8) is 0 Å². The molecule has 0 N–H and O–H groups in total. The van der Waals surface area contributed by atoms with E-state index >= 15 is 0 Å². The van der Waals surface area contributed by atoms with Crippen LogP contribution in [-0.2, 0) is 9.59 Å². The lowest BCUT2D eigenvalue weighted by Crippen LogP contribution is -2.33. The SMILES string of the molecule is CC(=O)N(C)[C@@H](C)[C]=O. The highest BCUT2D eigenvalue weighted by Crippen LogP contribution is 1.90. The summed E-state index contributed by atoms with van der Waals surface area (Å²) in [5.74, 6) is -0.120. The molecule has 0 rings (SSSR count). The maximum atomic E-state index is 10.5. The van der Waals surface area contributed by atoms with Crippen LogP contribution in [0, 0.1) is 0 Å². The van der Waals surface area contributed by atoms with Crippen LogP contribution in [0.1, 0.15) is 13.8 Å². The Morgan fingerprint density at radius 1 is 1.67 bits per heavy atom. The van der Waals surface area contributed by atoms with Crippen molar-refractivity contribution in [3.05, 3.63) is 0 Å². The molecule has 0 saturated heterocycles. The van der Waals surface area contributed by atoms with Gasteiger partial charge in [0, 0.05) is 14.0 Å². The van der Waals surface area contributed by atoms with Crippen LogP contribution >= 0.6 is 0 Å². The monoisotopic (exact) mass is 128 g/mol. The number of rotatable bonds is 2. The Hall–Kier alpha value is -0.860. The van der Waals surface area contributed by atoms with E-state index in [-0.39, 0.29) is 5.91 Å². The zero-order chi connectivity index (χ0) is 7.44. The first kappa shape index (κ1) is 8.14. The summed E-state index contributed by atoms with van der Waals surface area (Å²) in [5, 5.41) is 0. The van der Waals surface area contributed by atoms with Crippen LogP contribution in [0.4, 0.5) is 0 Å². The van der Waals surface area contributed by atoms with Crippen molar-refractivity contribution >= 4 is 12.2 Å². The molecule has 0 aliphatic rings. The molecule has 0 aromatic heterocycles. The summed E-state index contributed by atoms with van der Waals surface area (Å²) in [6.45, 7) is 3.03. The van der Waals surface area contributed by atoms with Crippen LogP contribution in [0.2, 0.25) is 0 Å². The molecular formula is C6H10NO2. The van der Waals surface area contributed by atoms with Gasteiger partial charge in [0.25, 0.3) is 0 Å². The average molecular weight is 128 g/mol. The Morgan fingerprint density at radius 2 is 2.11 bits per heavy atom. The van der Waals surface area contributed by atoms with Gasteiger partial charge >= 0.3 is 0 Å². The molecule has 51 valence electrons. The molecule has 0 aliphatic carbocycles. The van der Waals surface area contributed by atoms with Gasteiger partial charge in [0.05, 0.1) is 6.04 Å². The third kappa shape index (κ3) is 2.26. The van der Waals surface area contributed by atoms with Crippen molar-refractivity contribution in [2.24, 2.45) is 0 Å². The first-order valence-corrected chi connectivity index (χ1v) is 2.70. The molecule has 0 saturated carbocycles. The van der Waals surface area contributed by atoms with E-state index < -0.39 is 6.04 Å². The van der Waals surface area contributed by atoms with Crippen molar-refractivity contribution < 1.29 is 9.59 Å². The minimum Gasteiger partial charge on any atom is -0.336 e. The second-order valence-electron chi connectivity index (χ2n) is 1.92. The zero-order valence-corrected chi connectivity index (χ0v) is 5.84. The quantitative estimate of drug-likeness (QED) is 0.523. The first-order chi connectivity index (χ1) is 4.09. The van der Waals surface area contributed by atoms with Crippen LogP contribution in [0.5, 0.6) is 0 Å². The fourth-order valence-electron chi connectivity index (χ4n) is 0.352. The molecule has 1 atom stereocenters. The highest BCUT2D eigenvalue weighted by atomic mass is 16.2. The van der Waals surface area contributed by atoms with Crippen LogP contribution in [0.25, 0.3) is 0 Å². The van der Waals surface area contributed by atoms with E-state index in [0.29, 0.717) is 0 Å². The first-order valence-electron chi connectivity index (χ1n) is 2.70. The molecule has 0 fully saturated rings. The molecule has 0 unspecified atom stereocenters. The van der Waals surface area contributed by atoms with Gasteiger partial charge in [-0.25, -0.2) is 0 Å². The van der Waals surface area contributed by atoms with Crippen molar-refractivity contribution in [3.8, 4) is 0 Å². The van der Waals surface area contributed by atoms with Gasteiger partial charge in [-0.2, -0.15) is 0 Å². The van der Waals surface area contributed by atoms with E-state index in [9.17, 15) is 9.59 Å². The largest absolute Gasteiger partial charge is 0.336 e. The highest BCUT2D eigenvalue weighted by molar-refractivity contribution is 5.77. The molecule has 0 aromatic carbocycles. The molecule has 9 heavy (non-hydrogen) atoms. The summed E-state index contributed by atoms with van der Waals surface area (Å²) in [5.41, 5.74) is 0. The Morgan fingerprint density at radius 3 is 2.22 bits per heavy atom. The fourth-order valence-corrected chi connectivity index (χ4v) is 0.352. The van der Waals surface area contributed by atoms with Crippen LogP contribution in [0.3, 0.4) is 0 Å². The lowest BCUT2D eigenvalue weighted by molar-refractivity contribution is -0.128. The maximum absolute atomic E-state index is 10.5. The third-order valence-corrected chi connectivity index (χ3v) is 1.25. The standard InChI is InChI=1S/C6H10NO2/c1-5(4-8)7(3)6(2)9/h5H,1-3H3/t5-/m0/s1. The minimum atomic E-state index is -0.428. The average Bonchev–Trinajstić information content (AvgIpc) is 1.84. The molecule has 0 aromatic rings. The van der Waals surface area contributed by atoms with Crippen LogP contribution in [-0.4, -0.2) is 30.2 Å². The lowest BCUT2D eigenvalue weighted by Gasteiger charge is -2.16. The Balaban J connectivity index is 3.86. The molecule has 0 heterocycles. The van der Waals surface area contributed by atoms with Gasteiger partial charge in [-0.3, -0.25) is 9.59 Å².